The lowest BCUT2D eigenvalue weighted by atomic mass is 9.99. The summed E-state index contributed by atoms with van der Waals surface area (Å²) in [5.41, 5.74) is 4.93. The standard InChI is InChI=1S/C23H32N4O/c1-5-26(6-2)21-7-8-22(18(4)13-21)25-20-14-19(15-24-16-20)23(28)27-11-9-17(3)10-12-27/h7-8,13-17,25H,5-6,9-12H2,1-4H3. The van der Waals surface area contributed by atoms with Gasteiger partial charge in [0.1, 0.15) is 0 Å². The molecule has 0 radical (unpaired) electrons. The molecule has 28 heavy (non-hydrogen) atoms. The number of likely N-dealkylation sites (tertiary alicyclic amines) is 1. The highest BCUT2D eigenvalue weighted by Gasteiger charge is 2.21. The van der Waals surface area contributed by atoms with E-state index in [-0.39, 0.29) is 5.91 Å². The van der Waals surface area contributed by atoms with Crippen molar-refractivity contribution in [3.8, 4) is 0 Å². The van der Waals surface area contributed by atoms with E-state index in [9.17, 15) is 4.79 Å². The minimum atomic E-state index is 0.0802. The number of anilines is 3. The summed E-state index contributed by atoms with van der Waals surface area (Å²) in [7, 11) is 0. The number of carbonyl (C=O) groups excluding carboxylic acids is 1. The zero-order valence-electron chi connectivity index (χ0n) is 17.5. The van der Waals surface area contributed by atoms with Crippen molar-refractivity contribution in [2.75, 3.05) is 36.4 Å². The topological polar surface area (TPSA) is 48.5 Å². The summed E-state index contributed by atoms with van der Waals surface area (Å²) in [5.74, 6) is 0.786. The average molecular weight is 381 g/mol. The quantitative estimate of drug-likeness (QED) is 0.778. The highest BCUT2D eigenvalue weighted by atomic mass is 16.2. The van der Waals surface area contributed by atoms with Gasteiger partial charge in [0.15, 0.2) is 0 Å². The normalized spacial score (nSPS) is 14.8. The number of pyridine rings is 1. The van der Waals surface area contributed by atoms with Gasteiger partial charge in [-0.15, -0.1) is 0 Å². The number of rotatable bonds is 6. The van der Waals surface area contributed by atoms with Gasteiger partial charge in [-0.3, -0.25) is 9.78 Å². The smallest absolute Gasteiger partial charge is 0.255 e. The van der Waals surface area contributed by atoms with Crippen molar-refractivity contribution in [3.63, 3.8) is 0 Å². The second-order valence-electron chi connectivity index (χ2n) is 7.73. The summed E-state index contributed by atoms with van der Waals surface area (Å²) in [6.07, 6.45) is 5.60. The number of hydrogen-bond acceptors (Lipinski definition) is 4. The van der Waals surface area contributed by atoms with Crippen LogP contribution in [0.3, 0.4) is 0 Å². The van der Waals surface area contributed by atoms with Gasteiger partial charge in [0.2, 0.25) is 0 Å². The molecule has 0 aliphatic carbocycles. The minimum Gasteiger partial charge on any atom is -0.372 e. The summed E-state index contributed by atoms with van der Waals surface area (Å²) in [4.78, 5) is 21.4. The molecule has 2 aromatic rings. The molecular weight excluding hydrogens is 348 g/mol. The van der Waals surface area contributed by atoms with Crippen LogP contribution in [0.25, 0.3) is 0 Å². The van der Waals surface area contributed by atoms with Crippen molar-refractivity contribution in [2.24, 2.45) is 5.92 Å². The third-order valence-corrected chi connectivity index (χ3v) is 5.67. The third-order valence-electron chi connectivity index (χ3n) is 5.67. The fourth-order valence-corrected chi connectivity index (χ4v) is 3.75. The lowest BCUT2D eigenvalue weighted by molar-refractivity contribution is 0.0697. The maximum atomic E-state index is 12.8. The van der Waals surface area contributed by atoms with Crippen LogP contribution in [0.4, 0.5) is 17.1 Å². The molecule has 1 aliphatic heterocycles. The van der Waals surface area contributed by atoms with Crippen LogP contribution in [0.1, 0.15) is 49.5 Å². The van der Waals surface area contributed by atoms with E-state index in [4.69, 9.17) is 0 Å². The van der Waals surface area contributed by atoms with E-state index < -0.39 is 0 Å². The molecular formula is C23H32N4O. The van der Waals surface area contributed by atoms with E-state index in [1.165, 1.54) is 11.3 Å². The number of aryl methyl sites for hydroxylation is 1. The minimum absolute atomic E-state index is 0.0802. The number of nitrogens with zero attached hydrogens (tertiary/aromatic N) is 3. The molecule has 0 bridgehead atoms. The summed E-state index contributed by atoms with van der Waals surface area (Å²) in [6.45, 7) is 12.4. The van der Waals surface area contributed by atoms with Gasteiger partial charge in [-0.2, -0.15) is 0 Å². The van der Waals surface area contributed by atoms with E-state index in [1.807, 2.05) is 11.0 Å². The Morgan fingerprint density at radius 1 is 1.18 bits per heavy atom. The molecule has 1 saturated heterocycles. The summed E-state index contributed by atoms with van der Waals surface area (Å²) < 4.78 is 0. The number of nitrogens with one attached hydrogen (secondary N) is 1. The van der Waals surface area contributed by atoms with Crippen LogP contribution in [-0.4, -0.2) is 42.0 Å². The number of benzene rings is 1. The molecule has 5 heteroatoms. The first-order valence-corrected chi connectivity index (χ1v) is 10.4. The number of amides is 1. The van der Waals surface area contributed by atoms with Gasteiger partial charge in [-0.25, -0.2) is 0 Å². The molecule has 1 aliphatic rings. The van der Waals surface area contributed by atoms with Gasteiger partial charge in [0, 0.05) is 43.8 Å². The van der Waals surface area contributed by atoms with E-state index in [2.05, 4.69) is 61.1 Å². The van der Waals surface area contributed by atoms with Crippen LogP contribution in [-0.2, 0) is 0 Å². The van der Waals surface area contributed by atoms with Gasteiger partial charge in [0.25, 0.3) is 5.91 Å². The zero-order chi connectivity index (χ0) is 20.1. The monoisotopic (exact) mass is 380 g/mol. The Bertz CT molecular complexity index is 808. The van der Waals surface area contributed by atoms with E-state index in [0.29, 0.717) is 11.5 Å². The van der Waals surface area contributed by atoms with Gasteiger partial charge < -0.3 is 15.1 Å². The molecule has 0 unspecified atom stereocenters. The Morgan fingerprint density at radius 2 is 1.89 bits per heavy atom. The highest BCUT2D eigenvalue weighted by molar-refractivity contribution is 5.95. The Morgan fingerprint density at radius 3 is 2.54 bits per heavy atom. The molecule has 3 rings (SSSR count). The molecule has 1 fully saturated rings. The Labute approximate surface area is 168 Å². The molecule has 0 spiro atoms. The van der Waals surface area contributed by atoms with Gasteiger partial charge >= 0.3 is 0 Å². The molecule has 1 N–H and O–H groups in total. The van der Waals surface area contributed by atoms with Crippen LogP contribution in [0, 0.1) is 12.8 Å². The lowest BCUT2D eigenvalue weighted by Crippen LogP contribution is -2.37. The van der Waals surface area contributed by atoms with E-state index in [0.717, 1.165) is 50.4 Å². The predicted molar refractivity (Wildman–Crippen MR) is 117 cm³/mol. The number of piperidine rings is 1. The maximum Gasteiger partial charge on any atom is 0.255 e. The maximum absolute atomic E-state index is 12.8. The summed E-state index contributed by atoms with van der Waals surface area (Å²) in [5, 5.41) is 3.43. The number of carbonyl (C=O) groups is 1. The molecule has 1 aromatic heterocycles. The molecule has 0 saturated carbocycles. The molecule has 1 amide bonds. The van der Waals surface area contributed by atoms with E-state index in [1.54, 1.807) is 12.4 Å². The second-order valence-corrected chi connectivity index (χ2v) is 7.73. The zero-order valence-corrected chi connectivity index (χ0v) is 17.5. The molecule has 2 heterocycles. The number of aromatic nitrogens is 1. The molecule has 5 nitrogen and oxygen atoms in total. The molecule has 1 aromatic carbocycles. The second kappa shape index (κ2) is 9.09. The van der Waals surface area contributed by atoms with Crippen molar-refractivity contribution in [3.05, 3.63) is 47.8 Å². The van der Waals surface area contributed by atoms with E-state index >= 15 is 0 Å². The Kier molecular flexibility index (Phi) is 6.55. The van der Waals surface area contributed by atoms with Crippen molar-refractivity contribution >= 4 is 23.0 Å². The fourth-order valence-electron chi connectivity index (χ4n) is 3.75. The first-order valence-electron chi connectivity index (χ1n) is 10.4. The SMILES string of the molecule is CCN(CC)c1ccc(Nc2cncc(C(=O)N3CCC(C)CC3)c2)c(C)c1. The van der Waals surface area contributed by atoms with Crippen molar-refractivity contribution in [1.29, 1.82) is 0 Å². The molecule has 150 valence electrons. The third kappa shape index (κ3) is 4.64. The van der Waals surface area contributed by atoms with Crippen LogP contribution in [0.2, 0.25) is 0 Å². The van der Waals surface area contributed by atoms with Crippen molar-refractivity contribution in [1.82, 2.24) is 9.88 Å². The van der Waals surface area contributed by atoms with Gasteiger partial charge in [0.05, 0.1) is 17.4 Å². The Hall–Kier alpha value is -2.56. The number of hydrogen-bond donors (Lipinski definition) is 1. The predicted octanol–water partition coefficient (Wildman–Crippen LogP) is 4.85. The molecule has 0 atom stereocenters. The average Bonchev–Trinajstić information content (AvgIpc) is 2.71. The summed E-state index contributed by atoms with van der Waals surface area (Å²) in [6, 6.07) is 8.35. The van der Waals surface area contributed by atoms with Crippen LogP contribution < -0.4 is 10.2 Å². The van der Waals surface area contributed by atoms with Crippen LogP contribution in [0.15, 0.2) is 36.7 Å². The first-order chi connectivity index (χ1) is 13.5. The van der Waals surface area contributed by atoms with Gasteiger partial charge in [-0.1, -0.05) is 6.92 Å². The van der Waals surface area contributed by atoms with Crippen molar-refractivity contribution in [2.45, 2.75) is 40.5 Å². The van der Waals surface area contributed by atoms with Gasteiger partial charge in [-0.05, 0) is 69.4 Å². The first kappa shape index (κ1) is 20.2. The van der Waals surface area contributed by atoms with Crippen molar-refractivity contribution < 1.29 is 4.79 Å². The largest absolute Gasteiger partial charge is 0.372 e. The van der Waals surface area contributed by atoms with Crippen LogP contribution >= 0.6 is 0 Å². The fraction of sp³-hybridized carbons (Fsp3) is 0.478. The highest BCUT2D eigenvalue weighted by Crippen LogP contribution is 2.26. The Balaban J connectivity index is 1.73. The summed E-state index contributed by atoms with van der Waals surface area (Å²) >= 11 is 0. The van der Waals surface area contributed by atoms with Crippen LogP contribution in [0.5, 0.6) is 0 Å². The lowest BCUT2D eigenvalue weighted by Gasteiger charge is -2.30.